The van der Waals surface area contributed by atoms with Crippen LogP contribution in [0.4, 0.5) is 0 Å². The topological polar surface area (TPSA) is 75.7 Å². The minimum absolute atomic E-state index is 0.219. The molecule has 0 unspecified atom stereocenters. The Bertz CT molecular complexity index is 888. The van der Waals surface area contributed by atoms with Gasteiger partial charge in [0.2, 0.25) is 10.0 Å². The largest absolute Gasteiger partial charge is 0.497 e. The van der Waals surface area contributed by atoms with Gasteiger partial charge in [-0.25, -0.2) is 8.42 Å². The van der Waals surface area contributed by atoms with Gasteiger partial charge in [0.1, 0.15) is 5.75 Å². The average Bonchev–Trinajstić information content (AvgIpc) is 3.24. The Morgan fingerprint density at radius 2 is 1.81 bits per heavy atom. The monoisotopic (exact) mass is 388 g/mol. The molecular weight excluding hydrogens is 364 g/mol. The Balaban J connectivity index is 1.57. The van der Waals surface area contributed by atoms with Crippen LogP contribution in [0.1, 0.15) is 28.8 Å². The van der Waals surface area contributed by atoms with Crippen molar-refractivity contribution < 1.29 is 17.9 Å². The number of benzene rings is 2. The van der Waals surface area contributed by atoms with E-state index in [2.05, 4.69) is 5.32 Å². The summed E-state index contributed by atoms with van der Waals surface area (Å²) in [5.41, 5.74) is 1.52. The Morgan fingerprint density at radius 1 is 1.11 bits per heavy atom. The summed E-state index contributed by atoms with van der Waals surface area (Å²) >= 11 is 0. The maximum atomic E-state index is 12.5. The summed E-state index contributed by atoms with van der Waals surface area (Å²) in [4.78, 5) is 12.5. The second-order valence-corrected chi connectivity index (χ2v) is 8.43. The number of nitrogens with one attached hydrogen (secondary N) is 1. The van der Waals surface area contributed by atoms with Crippen LogP contribution in [-0.2, 0) is 16.4 Å². The molecule has 0 aliphatic carbocycles. The van der Waals surface area contributed by atoms with E-state index in [1.807, 2.05) is 24.3 Å². The van der Waals surface area contributed by atoms with Gasteiger partial charge in [0.25, 0.3) is 5.91 Å². The van der Waals surface area contributed by atoms with E-state index in [-0.39, 0.29) is 10.8 Å². The first-order valence-electron chi connectivity index (χ1n) is 9.02. The smallest absolute Gasteiger partial charge is 0.251 e. The minimum Gasteiger partial charge on any atom is -0.497 e. The lowest BCUT2D eigenvalue weighted by atomic mass is 10.1. The zero-order chi connectivity index (χ0) is 19.3. The summed E-state index contributed by atoms with van der Waals surface area (Å²) in [5.74, 6) is 0.566. The fourth-order valence-electron chi connectivity index (χ4n) is 3.11. The van der Waals surface area contributed by atoms with Crippen LogP contribution in [0.25, 0.3) is 0 Å². The molecule has 3 rings (SSSR count). The van der Waals surface area contributed by atoms with Gasteiger partial charge < -0.3 is 10.1 Å². The number of amides is 1. The van der Waals surface area contributed by atoms with Crippen molar-refractivity contribution in [2.24, 2.45) is 0 Å². The summed E-state index contributed by atoms with van der Waals surface area (Å²) in [6.07, 6.45) is 2.48. The third-order valence-corrected chi connectivity index (χ3v) is 6.57. The molecule has 7 heteroatoms. The lowest BCUT2D eigenvalue weighted by molar-refractivity contribution is 0.0954. The molecule has 1 fully saturated rings. The van der Waals surface area contributed by atoms with E-state index >= 15 is 0 Å². The zero-order valence-corrected chi connectivity index (χ0v) is 16.2. The van der Waals surface area contributed by atoms with Gasteiger partial charge in [0, 0.05) is 25.2 Å². The lowest BCUT2D eigenvalue weighted by Gasteiger charge is -2.15. The summed E-state index contributed by atoms with van der Waals surface area (Å²) < 4.78 is 31.7. The van der Waals surface area contributed by atoms with Crippen molar-refractivity contribution >= 4 is 15.9 Å². The highest BCUT2D eigenvalue weighted by Crippen LogP contribution is 2.21. The molecule has 2 aromatic carbocycles. The van der Waals surface area contributed by atoms with E-state index in [4.69, 9.17) is 4.74 Å². The predicted molar refractivity (Wildman–Crippen MR) is 103 cm³/mol. The molecule has 2 aromatic rings. The van der Waals surface area contributed by atoms with Crippen molar-refractivity contribution in [1.82, 2.24) is 9.62 Å². The Kier molecular flexibility index (Phi) is 6.13. The number of hydrogen-bond donors (Lipinski definition) is 1. The molecule has 0 aromatic heterocycles. The molecular formula is C20H24N2O4S. The van der Waals surface area contributed by atoms with Crippen molar-refractivity contribution in [2.45, 2.75) is 24.2 Å². The minimum atomic E-state index is -3.45. The molecule has 0 radical (unpaired) electrons. The van der Waals surface area contributed by atoms with Gasteiger partial charge in [-0.1, -0.05) is 12.1 Å². The van der Waals surface area contributed by atoms with Crippen molar-refractivity contribution in [3.63, 3.8) is 0 Å². The second-order valence-electron chi connectivity index (χ2n) is 6.49. The molecule has 1 N–H and O–H groups in total. The highest BCUT2D eigenvalue weighted by Gasteiger charge is 2.27. The van der Waals surface area contributed by atoms with Gasteiger partial charge in [-0.3, -0.25) is 4.79 Å². The molecule has 1 aliphatic heterocycles. The summed E-state index contributed by atoms with van der Waals surface area (Å²) in [7, 11) is -1.83. The summed E-state index contributed by atoms with van der Waals surface area (Å²) in [5, 5.41) is 2.86. The van der Waals surface area contributed by atoms with Crippen LogP contribution in [0.5, 0.6) is 5.75 Å². The van der Waals surface area contributed by atoms with E-state index in [1.165, 1.54) is 16.4 Å². The molecule has 6 nitrogen and oxygen atoms in total. The van der Waals surface area contributed by atoms with E-state index in [9.17, 15) is 13.2 Å². The van der Waals surface area contributed by atoms with Gasteiger partial charge in [-0.2, -0.15) is 4.31 Å². The van der Waals surface area contributed by atoms with Gasteiger partial charge in [-0.15, -0.1) is 0 Å². The average molecular weight is 388 g/mol. The van der Waals surface area contributed by atoms with Crippen LogP contribution in [-0.4, -0.2) is 45.4 Å². The molecule has 1 amide bonds. The number of nitrogens with zero attached hydrogens (tertiary/aromatic N) is 1. The first-order valence-corrected chi connectivity index (χ1v) is 10.5. The molecule has 0 bridgehead atoms. The third kappa shape index (κ3) is 4.67. The van der Waals surface area contributed by atoms with Crippen LogP contribution >= 0.6 is 0 Å². The van der Waals surface area contributed by atoms with Crippen LogP contribution in [0, 0.1) is 0 Å². The first kappa shape index (κ1) is 19.4. The van der Waals surface area contributed by atoms with E-state index in [0.29, 0.717) is 31.6 Å². The highest BCUT2D eigenvalue weighted by atomic mass is 32.2. The SMILES string of the molecule is COc1cccc(CCNC(=O)c2ccc(S(=O)(=O)N3CCCC3)cc2)c1. The zero-order valence-electron chi connectivity index (χ0n) is 15.3. The standard InChI is InChI=1S/C20H24N2O4S/c1-26-18-6-4-5-16(15-18)11-12-21-20(23)17-7-9-19(10-8-17)27(24,25)22-13-2-3-14-22/h4-10,15H,2-3,11-14H2,1H3,(H,21,23). The molecule has 0 spiro atoms. The van der Waals surface area contributed by atoms with Crippen LogP contribution < -0.4 is 10.1 Å². The van der Waals surface area contributed by atoms with Crippen LogP contribution in [0.15, 0.2) is 53.4 Å². The van der Waals surface area contributed by atoms with E-state index in [0.717, 1.165) is 24.2 Å². The molecule has 0 atom stereocenters. The normalized spacial score (nSPS) is 14.9. The molecule has 0 saturated carbocycles. The maximum Gasteiger partial charge on any atom is 0.251 e. The number of rotatable bonds is 7. The molecule has 144 valence electrons. The fourth-order valence-corrected chi connectivity index (χ4v) is 4.62. The summed E-state index contributed by atoms with van der Waals surface area (Å²) in [6, 6.07) is 13.8. The number of methoxy groups -OCH3 is 1. The second kappa shape index (κ2) is 8.54. The third-order valence-electron chi connectivity index (χ3n) is 4.65. The van der Waals surface area contributed by atoms with Gasteiger partial charge in [0.05, 0.1) is 12.0 Å². The van der Waals surface area contributed by atoms with E-state index in [1.54, 1.807) is 19.2 Å². The first-order chi connectivity index (χ1) is 13.0. The number of ether oxygens (including phenoxy) is 1. The number of sulfonamides is 1. The van der Waals surface area contributed by atoms with Gasteiger partial charge >= 0.3 is 0 Å². The number of carbonyl (C=O) groups excluding carboxylic acids is 1. The molecule has 27 heavy (non-hydrogen) atoms. The predicted octanol–water partition coefficient (Wildman–Crippen LogP) is 2.45. The van der Waals surface area contributed by atoms with E-state index < -0.39 is 10.0 Å². The van der Waals surface area contributed by atoms with Crippen molar-refractivity contribution in [3.8, 4) is 5.75 Å². The van der Waals surface area contributed by atoms with Crippen LogP contribution in [0.2, 0.25) is 0 Å². The van der Waals surface area contributed by atoms with Crippen molar-refractivity contribution in [1.29, 1.82) is 0 Å². The van der Waals surface area contributed by atoms with Crippen molar-refractivity contribution in [3.05, 3.63) is 59.7 Å². The number of hydrogen-bond acceptors (Lipinski definition) is 4. The fraction of sp³-hybridized carbons (Fsp3) is 0.350. The Hall–Kier alpha value is -2.38. The Morgan fingerprint density at radius 3 is 2.48 bits per heavy atom. The van der Waals surface area contributed by atoms with Crippen molar-refractivity contribution in [2.75, 3.05) is 26.7 Å². The quantitative estimate of drug-likeness (QED) is 0.791. The van der Waals surface area contributed by atoms with Gasteiger partial charge in [-0.05, 0) is 61.2 Å². The molecule has 1 aliphatic rings. The van der Waals surface area contributed by atoms with Crippen LogP contribution in [0.3, 0.4) is 0 Å². The lowest BCUT2D eigenvalue weighted by Crippen LogP contribution is -2.28. The van der Waals surface area contributed by atoms with Gasteiger partial charge in [0.15, 0.2) is 0 Å². The summed E-state index contributed by atoms with van der Waals surface area (Å²) in [6.45, 7) is 1.61. The Labute approximate surface area is 160 Å². The molecule has 1 saturated heterocycles. The highest BCUT2D eigenvalue weighted by molar-refractivity contribution is 7.89. The number of carbonyl (C=O) groups is 1. The maximum absolute atomic E-state index is 12.5. The molecule has 1 heterocycles.